The second-order valence-corrected chi connectivity index (χ2v) is 13.1. The predicted molar refractivity (Wildman–Crippen MR) is 182 cm³/mol. The molecule has 0 atom stereocenters. The molecule has 0 amide bonds. The summed E-state index contributed by atoms with van der Waals surface area (Å²) in [7, 11) is 0. The first-order valence-corrected chi connectivity index (χ1v) is 15.2. The Morgan fingerprint density at radius 2 is 0.897 bits per heavy atom. The van der Waals surface area contributed by atoms with Crippen LogP contribution in [0.15, 0.2) is 103 Å². The molecule has 0 saturated carbocycles. The van der Waals surface area contributed by atoms with Gasteiger partial charge in [0.1, 0.15) is 11.2 Å². The Labute approximate surface area is 278 Å². The first-order chi connectivity index (χ1) is 18.1. The minimum Gasteiger partial charge on any atom is -0.396 e. The molecule has 0 aromatic heterocycles. The molecule has 8 heteroatoms. The highest BCUT2D eigenvalue weighted by atomic mass is 127. The Bertz CT molecular complexity index is 1470. The van der Waals surface area contributed by atoms with Crippen molar-refractivity contribution in [2.75, 3.05) is 6.61 Å². The third-order valence-electron chi connectivity index (χ3n) is 7.20. The van der Waals surface area contributed by atoms with Gasteiger partial charge in [-0.1, -0.05) is 94.1 Å². The van der Waals surface area contributed by atoms with Gasteiger partial charge in [-0.3, -0.25) is 0 Å². The molecule has 4 aromatic rings. The summed E-state index contributed by atoms with van der Waals surface area (Å²) in [4.78, 5) is 0. The summed E-state index contributed by atoms with van der Waals surface area (Å²) in [6, 6.07) is 23.9. The monoisotopic (exact) mass is 888 g/mol. The Morgan fingerprint density at radius 1 is 0.590 bits per heavy atom. The van der Waals surface area contributed by atoms with E-state index in [2.05, 4.69) is 70.3 Å². The normalized spacial score (nSPS) is 14.6. The van der Waals surface area contributed by atoms with E-state index in [-0.39, 0.29) is 30.6 Å². The second kappa shape index (κ2) is 12.2. The van der Waals surface area contributed by atoms with Crippen LogP contribution in [-0.2, 0) is 11.2 Å². The van der Waals surface area contributed by atoms with Crippen LogP contribution in [-0.4, -0.2) is 21.9 Å². The molecule has 2 aliphatic carbocycles. The summed E-state index contributed by atoms with van der Waals surface area (Å²) in [6.45, 7) is 3.72. The van der Waals surface area contributed by atoms with Gasteiger partial charge in [-0.15, -0.1) is 30.6 Å². The van der Waals surface area contributed by atoms with Crippen LogP contribution in [0.1, 0.15) is 35.1 Å². The smallest absolute Gasteiger partial charge is 0.119 e. The fraction of sp³-hybridized carbons (Fsp3) is 0.161. The average Bonchev–Trinajstić information content (AvgIpc) is 3.25. The van der Waals surface area contributed by atoms with Crippen LogP contribution in [0.2, 0.25) is 0 Å². The third-order valence-corrected chi connectivity index (χ3v) is 9.18. The Balaban J connectivity index is 0.000000176. The van der Waals surface area contributed by atoms with Crippen molar-refractivity contribution in [2.45, 2.75) is 24.0 Å². The lowest BCUT2D eigenvalue weighted by Crippen LogP contribution is -2.26. The van der Waals surface area contributed by atoms with E-state index >= 15 is 0 Å². The number of hydrogen-bond donors (Lipinski definition) is 3. The van der Waals surface area contributed by atoms with E-state index in [0.29, 0.717) is 12.8 Å². The molecule has 202 valence electrons. The molecular weight excluding hydrogens is 867 g/mol. The summed E-state index contributed by atoms with van der Waals surface area (Å²) in [6.07, 6.45) is 2.56. The Kier molecular flexibility index (Phi) is 9.71. The number of aliphatic hydroxyl groups excluding tert-OH is 1. The van der Waals surface area contributed by atoms with E-state index < -0.39 is 11.2 Å². The molecule has 2 aliphatic rings. The molecule has 0 fully saturated rings. The van der Waals surface area contributed by atoms with Crippen molar-refractivity contribution in [3.63, 3.8) is 0 Å². The van der Waals surface area contributed by atoms with E-state index in [9.17, 15) is 15.3 Å². The summed E-state index contributed by atoms with van der Waals surface area (Å²) in [5.41, 5.74) is 5.72. The van der Waals surface area contributed by atoms with Crippen molar-refractivity contribution in [2.24, 2.45) is 0 Å². The lowest BCUT2D eigenvalue weighted by atomic mass is 9.88. The topological polar surface area (TPSA) is 60.7 Å². The van der Waals surface area contributed by atoms with Crippen LogP contribution < -0.4 is 0 Å². The van der Waals surface area contributed by atoms with Gasteiger partial charge in [0.25, 0.3) is 0 Å². The zero-order valence-corrected chi connectivity index (χ0v) is 29.3. The molecule has 0 aliphatic heterocycles. The lowest BCUT2D eigenvalue weighted by molar-refractivity contribution is 0.0551. The molecule has 3 N–H and O–H groups in total. The van der Waals surface area contributed by atoms with Crippen LogP contribution in [0.5, 0.6) is 0 Å². The molecule has 0 bridgehead atoms. The summed E-state index contributed by atoms with van der Waals surface area (Å²) in [5, 5.41) is 31.5. The van der Waals surface area contributed by atoms with Gasteiger partial charge in [-0.25, -0.2) is 0 Å². The minimum atomic E-state index is -1.12. The largest absolute Gasteiger partial charge is 0.396 e. The van der Waals surface area contributed by atoms with Crippen LogP contribution in [0.3, 0.4) is 0 Å². The number of hydrogen-bond acceptors (Lipinski definition) is 3. The first-order valence-electron chi connectivity index (χ1n) is 12.0. The maximum absolute atomic E-state index is 11.1. The quantitative estimate of drug-likeness (QED) is 0.142. The van der Waals surface area contributed by atoms with Gasteiger partial charge >= 0.3 is 0 Å². The fourth-order valence-corrected chi connectivity index (χ4v) is 6.97. The first kappa shape index (κ1) is 31.1. The van der Waals surface area contributed by atoms with Crippen molar-refractivity contribution in [3.05, 3.63) is 126 Å². The van der Waals surface area contributed by atoms with E-state index in [1.165, 1.54) is 0 Å². The zero-order chi connectivity index (χ0) is 27.2. The standard InChI is InChI=1S/C16H12Br2O.C15H12Br2O2.HI/c1-2-7-16(19)14-8-10(17)3-5-12(14)13-6-4-11(18)9-15(13)16;16-9-1-3-11-12-4-2-10(17)8-14(12)15(19,5-6-18)13(11)7-9;/h2-6,8-9,19H,1,7H2;1-4,7-8,18-19H,5-6H2;1H. The van der Waals surface area contributed by atoms with Gasteiger partial charge in [0.15, 0.2) is 0 Å². The molecule has 4 aromatic carbocycles. The molecule has 39 heavy (non-hydrogen) atoms. The van der Waals surface area contributed by atoms with E-state index in [4.69, 9.17) is 0 Å². The molecule has 0 radical (unpaired) electrons. The summed E-state index contributed by atoms with van der Waals surface area (Å²) >= 11 is 13.8. The van der Waals surface area contributed by atoms with E-state index in [0.717, 1.165) is 62.4 Å². The third kappa shape index (κ3) is 5.52. The van der Waals surface area contributed by atoms with Gasteiger partial charge in [0.2, 0.25) is 0 Å². The highest BCUT2D eigenvalue weighted by Crippen LogP contribution is 2.51. The number of aliphatic hydroxyl groups is 3. The molecular formula is C31H25Br4IO3. The molecule has 0 spiro atoms. The number of rotatable bonds is 4. The number of halogens is 5. The molecule has 0 unspecified atom stereocenters. The second-order valence-electron chi connectivity index (χ2n) is 9.45. The van der Waals surface area contributed by atoms with Crippen LogP contribution in [0.4, 0.5) is 0 Å². The molecule has 0 heterocycles. The van der Waals surface area contributed by atoms with Gasteiger partial charge in [0, 0.05) is 37.3 Å². The number of benzene rings is 4. The Morgan fingerprint density at radius 3 is 1.18 bits per heavy atom. The van der Waals surface area contributed by atoms with Crippen LogP contribution in [0, 0.1) is 0 Å². The van der Waals surface area contributed by atoms with Crippen molar-refractivity contribution >= 4 is 87.7 Å². The highest BCUT2D eigenvalue weighted by Gasteiger charge is 2.42. The maximum Gasteiger partial charge on any atom is 0.119 e. The average molecular weight is 892 g/mol. The zero-order valence-electron chi connectivity index (χ0n) is 20.6. The van der Waals surface area contributed by atoms with Gasteiger partial charge in [0.05, 0.1) is 0 Å². The van der Waals surface area contributed by atoms with E-state index in [1.54, 1.807) is 6.08 Å². The summed E-state index contributed by atoms with van der Waals surface area (Å²) in [5.74, 6) is 0. The lowest BCUT2D eigenvalue weighted by Gasteiger charge is -2.25. The Hall–Kier alpha value is -0.850. The van der Waals surface area contributed by atoms with Gasteiger partial charge < -0.3 is 15.3 Å². The fourth-order valence-electron chi connectivity index (χ4n) is 5.52. The van der Waals surface area contributed by atoms with Gasteiger partial charge in [-0.05, 0) is 93.0 Å². The summed E-state index contributed by atoms with van der Waals surface area (Å²) < 4.78 is 3.80. The van der Waals surface area contributed by atoms with E-state index in [1.807, 2.05) is 72.8 Å². The SMILES string of the molecule is C=CCC1(O)c2cc(Br)ccc2-c2ccc(Br)cc21.I.OCCC1(O)c2cc(Br)ccc2-c2ccc(Br)cc21. The molecule has 3 nitrogen and oxygen atoms in total. The van der Waals surface area contributed by atoms with Crippen LogP contribution in [0.25, 0.3) is 22.3 Å². The van der Waals surface area contributed by atoms with Crippen molar-refractivity contribution < 1.29 is 15.3 Å². The maximum atomic E-state index is 11.1. The predicted octanol–water partition coefficient (Wildman–Crippen LogP) is 9.43. The minimum absolute atomic E-state index is 0. The number of fused-ring (bicyclic) bond motifs is 6. The molecule has 0 saturated heterocycles. The highest BCUT2D eigenvalue weighted by molar-refractivity contribution is 14.0. The van der Waals surface area contributed by atoms with Crippen molar-refractivity contribution in [1.82, 2.24) is 0 Å². The molecule has 6 rings (SSSR count). The van der Waals surface area contributed by atoms with Crippen molar-refractivity contribution in [3.8, 4) is 22.3 Å². The van der Waals surface area contributed by atoms with Crippen LogP contribution >= 0.6 is 87.7 Å². The van der Waals surface area contributed by atoms with Crippen molar-refractivity contribution in [1.29, 1.82) is 0 Å². The van der Waals surface area contributed by atoms with Gasteiger partial charge in [-0.2, -0.15) is 0 Å².